The van der Waals surface area contributed by atoms with Crippen LogP contribution >= 0.6 is 15.9 Å². The van der Waals surface area contributed by atoms with Crippen molar-refractivity contribution in [2.24, 2.45) is 4.99 Å². The van der Waals surface area contributed by atoms with E-state index < -0.39 is 0 Å². The van der Waals surface area contributed by atoms with Crippen molar-refractivity contribution in [1.29, 1.82) is 0 Å². The molecule has 0 aromatic rings. The Morgan fingerprint density at radius 2 is 2.83 bits per heavy atom. The van der Waals surface area contributed by atoms with Crippen LogP contribution in [0.5, 0.6) is 0 Å². The van der Waals surface area contributed by atoms with Crippen LogP contribution in [0.1, 0.15) is 0 Å². The molecule has 0 aliphatic carbocycles. The molecule has 1 atom stereocenters. The summed E-state index contributed by atoms with van der Waals surface area (Å²) in [6.07, 6.45) is 1.35. The third kappa shape index (κ3) is 0.712. The molecule has 0 saturated heterocycles. The monoisotopic (exact) mass is 147 g/mol. The van der Waals surface area contributed by atoms with Crippen molar-refractivity contribution < 1.29 is 4.74 Å². The molecule has 32 valence electrons. The first-order chi connectivity index (χ1) is 2.89. The maximum atomic E-state index is 4.47. The molecule has 2 radical (unpaired) electrons. The van der Waals surface area contributed by atoms with Gasteiger partial charge in [0, 0.05) is 0 Å². The average molecular weight is 148 g/mol. The molecule has 1 heterocycles. The van der Waals surface area contributed by atoms with Gasteiger partial charge in [0.05, 0.1) is 0 Å². The molecule has 0 N–H and O–H groups in total. The Bertz CT molecular complexity index is 73.2. The Kier molecular flexibility index (Phi) is 1.10. The molecule has 2 nitrogen and oxygen atoms in total. The van der Waals surface area contributed by atoms with E-state index in [2.05, 4.69) is 32.3 Å². The molecule has 0 aromatic carbocycles. The fraction of sp³-hybridized carbons (Fsp3) is 0.333. The van der Waals surface area contributed by atoms with E-state index >= 15 is 0 Å². The average Bonchev–Trinajstić information content (AvgIpc) is 1.86. The summed E-state index contributed by atoms with van der Waals surface area (Å²) in [5.74, 6) is 0. The zero-order valence-electron chi connectivity index (χ0n) is 2.89. The van der Waals surface area contributed by atoms with E-state index in [1.165, 1.54) is 6.40 Å². The predicted molar refractivity (Wildman–Crippen MR) is 25.5 cm³/mol. The third-order valence-electron chi connectivity index (χ3n) is 0.410. The predicted octanol–water partition coefficient (Wildman–Crippen LogP) is 0.805. The Morgan fingerprint density at radius 1 is 2.00 bits per heavy atom. The fourth-order valence-corrected chi connectivity index (χ4v) is 0.405. The van der Waals surface area contributed by atoms with Crippen molar-refractivity contribution in [2.75, 3.05) is 0 Å². The largest absolute Gasteiger partial charge is 0.465 e. The van der Waals surface area contributed by atoms with Gasteiger partial charge >= 0.3 is 0 Å². The SMILES string of the molecule is BrC1[C]OC=N1. The molecule has 1 aliphatic heterocycles. The number of hydrogen-bond acceptors (Lipinski definition) is 2. The first kappa shape index (κ1) is 4.12. The van der Waals surface area contributed by atoms with Crippen LogP contribution in [0.15, 0.2) is 4.99 Å². The number of aliphatic imine (C=N–C) groups is 1. The van der Waals surface area contributed by atoms with Gasteiger partial charge in [0.2, 0.25) is 6.61 Å². The normalized spacial score (nSPS) is 30.5. The number of hydrogen-bond donors (Lipinski definition) is 0. The zero-order valence-corrected chi connectivity index (χ0v) is 4.47. The van der Waals surface area contributed by atoms with Crippen LogP contribution in [0.3, 0.4) is 0 Å². The van der Waals surface area contributed by atoms with E-state index in [-0.39, 0.29) is 4.95 Å². The van der Waals surface area contributed by atoms with Crippen molar-refractivity contribution in [2.45, 2.75) is 4.95 Å². The van der Waals surface area contributed by atoms with Crippen LogP contribution in [-0.4, -0.2) is 11.4 Å². The van der Waals surface area contributed by atoms with Gasteiger partial charge < -0.3 is 4.74 Å². The van der Waals surface area contributed by atoms with Gasteiger partial charge in [-0.2, -0.15) is 0 Å². The van der Waals surface area contributed by atoms with Gasteiger partial charge in [0.25, 0.3) is 0 Å². The Labute approximate surface area is 44.3 Å². The van der Waals surface area contributed by atoms with E-state index in [1.54, 1.807) is 0 Å². The summed E-state index contributed by atoms with van der Waals surface area (Å²) >= 11 is 3.10. The fourth-order valence-electron chi connectivity index (χ4n) is 0.201. The van der Waals surface area contributed by atoms with E-state index in [1.807, 2.05) is 0 Å². The van der Waals surface area contributed by atoms with Gasteiger partial charge in [0.15, 0.2) is 11.4 Å². The smallest absolute Gasteiger partial charge is 0.235 e. The lowest BCUT2D eigenvalue weighted by atomic mass is 10.8. The first-order valence-corrected chi connectivity index (χ1v) is 2.38. The summed E-state index contributed by atoms with van der Waals surface area (Å²) in [4.78, 5) is 3.65. The Hall–Kier alpha value is -0.0500. The summed E-state index contributed by atoms with van der Waals surface area (Å²) in [6.45, 7) is 2.51. The van der Waals surface area contributed by atoms with E-state index in [4.69, 9.17) is 0 Å². The van der Waals surface area contributed by atoms with Crippen LogP contribution in [-0.2, 0) is 4.74 Å². The van der Waals surface area contributed by atoms with Crippen molar-refractivity contribution in [1.82, 2.24) is 0 Å². The lowest BCUT2D eigenvalue weighted by Gasteiger charge is -1.82. The van der Waals surface area contributed by atoms with E-state index in [0.717, 1.165) is 0 Å². The zero-order chi connectivity index (χ0) is 4.41. The molecule has 1 unspecified atom stereocenters. The second-order valence-electron chi connectivity index (χ2n) is 0.826. The lowest BCUT2D eigenvalue weighted by molar-refractivity contribution is 0.439. The standard InChI is InChI=1S/C3H2BrNO/c4-3-1-6-2-5-3/h2-3H. The Balaban J connectivity index is 2.38. The maximum absolute atomic E-state index is 4.47. The summed E-state index contributed by atoms with van der Waals surface area (Å²) in [5.41, 5.74) is 0. The molecule has 1 rings (SSSR count). The molecule has 0 saturated carbocycles. The summed E-state index contributed by atoms with van der Waals surface area (Å²) in [5, 5.41) is 0. The van der Waals surface area contributed by atoms with Crippen LogP contribution < -0.4 is 0 Å². The van der Waals surface area contributed by atoms with Crippen molar-refractivity contribution >= 4 is 22.3 Å². The van der Waals surface area contributed by atoms with E-state index in [0.29, 0.717) is 0 Å². The van der Waals surface area contributed by atoms with Crippen molar-refractivity contribution in [3.8, 4) is 0 Å². The molecule has 0 amide bonds. The van der Waals surface area contributed by atoms with Crippen molar-refractivity contribution in [3.05, 3.63) is 6.61 Å². The van der Waals surface area contributed by atoms with E-state index in [9.17, 15) is 0 Å². The minimum atomic E-state index is -0.0440. The summed E-state index contributed by atoms with van der Waals surface area (Å²) < 4.78 is 4.47. The van der Waals surface area contributed by atoms with Crippen LogP contribution in [0.4, 0.5) is 0 Å². The Morgan fingerprint density at radius 3 is 3.00 bits per heavy atom. The second-order valence-corrected chi connectivity index (χ2v) is 1.69. The van der Waals surface area contributed by atoms with Gasteiger partial charge in [-0.05, 0) is 0 Å². The van der Waals surface area contributed by atoms with Gasteiger partial charge in [0.1, 0.15) is 0 Å². The molecular formula is C3H2BrNO. The van der Waals surface area contributed by atoms with Crippen LogP contribution in [0.25, 0.3) is 0 Å². The summed E-state index contributed by atoms with van der Waals surface area (Å²) in [7, 11) is 0. The number of nitrogens with zero attached hydrogens (tertiary/aromatic N) is 1. The number of halogens is 1. The molecule has 1 aliphatic rings. The van der Waals surface area contributed by atoms with Gasteiger partial charge in [-0.25, -0.2) is 4.99 Å². The maximum Gasteiger partial charge on any atom is 0.235 e. The lowest BCUT2D eigenvalue weighted by Crippen LogP contribution is -1.83. The number of alkyl halides is 1. The third-order valence-corrected chi connectivity index (χ3v) is 0.833. The quantitative estimate of drug-likeness (QED) is 0.367. The van der Waals surface area contributed by atoms with Gasteiger partial charge in [-0.3, -0.25) is 0 Å². The van der Waals surface area contributed by atoms with Crippen LogP contribution in [0.2, 0.25) is 0 Å². The van der Waals surface area contributed by atoms with Crippen molar-refractivity contribution in [3.63, 3.8) is 0 Å². The number of rotatable bonds is 0. The van der Waals surface area contributed by atoms with Gasteiger partial charge in [-0.15, -0.1) is 0 Å². The first-order valence-electron chi connectivity index (χ1n) is 1.46. The molecule has 6 heavy (non-hydrogen) atoms. The highest BCUT2D eigenvalue weighted by atomic mass is 79.9. The minimum absolute atomic E-state index is 0.0440. The second kappa shape index (κ2) is 1.60. The minimum Gasteiger partial charge on any atom is -0.465 e. The molecular weight excluding hydrogens is 146 g/mol. The molecule has 0 fully saturated rings. The summed E-state index contributed by atoms with van der Waals surface area (Å²) in [6, 6.07) is 0. The molecule has 0 spiro atoms. The number of ether oxygens (including phenoxy) is 1. The van der Waals surface area contributed by atoms with Crippen LogP contribution in [0, 0.1) is 6.61 Å². The molecule has 0 bridgehead atoms. The highest BCUT2D eigenvalue weighted by Gasteiger charge is 2.06. The topological polar surface area (TPSA) is 21.6 Å². The molecule has 3 heteroatoms. The highest BCUT2D eigenvalue weighted by Crippen LogP contribution is 2.09. The van der Waals surface area contributed by atoms with Gasteiger partial charge in [-0.1, -0.05) is 15.9 Å². The molecule has 0 aromatic heterocycles. The highest BCUT2D eigenvalue weighted by molar-refractivity contribution is 9.09.